The number of aliphatic carboxylic acids is 1. The van der Waals surface area contributed by atoms with Crippen LogP contribution in [0.4, 0.5) is 13.2 Å². The Morgan fingerprint density at radius 2 is 1.85 bits per heavy atom. The van der Waals surface area contributed by atoms with Gasteiger partial charge in [0.2, 0.25) is 5.91 Å². The molecule has 0 unspecified atom stereocenters. The van der Waals surface area contributed by atoms with E-state index in [1.54, 1.807) is 0 Å². The van der Waals surface area contributed by atoms with E-state index in [-0.39, 0.29) is 23.3 Å². The number of alkyl halides is 3. The summed E-state index contributed by atoms with van der Waals surface area (Å²) >= 11 is 0. The molecular formula is C22H30F3N3O5. The third-order valence-corrected chi connectivity index (χ3v) is 6.92. The Hall–Kier alpha value is -2.56. The van der Waals surface area contributed by atoms with E-state index in [1.807, 2.05) is 24.8 Å². The molecule has 3 aliphatic heterocycles. The number of nitrogens with one attached hydrogen (secondary N) is 1. The van der Waals surface area contributed by atoms with Gasteiger partial charge in [0.15, 0.2) is 5.76 Å². The molecule has 2 amide bonds. The molecule has 2 atom stereocenters. The number of carboxylic acids is 1. The monoisotopic (exact) mass is 473 g/mol. The largest absolute Gasteiger partial charge is 0.490 e. The zero-order valence-electron chi connectivity index (χ0n) is 19.0. The summed E-state index contributed by atoms with van der Waals surface area (Å²) in [5.41, 5.74) is 0.880. The maximum absolute atomic E-state index is 12.7. The number of halogens is 3. The highest BCUT2D eigenvalue weighted by molar-refractivity contribution is 5.92. The third-order valence-electron chi connectivity index (χ3n) is 6.92. The van der Waals surface area contributed by atoms with Crippen LogP contribution in [0, 0.1) is 25.7 Å². The molecule has 4 rings (SSSR count). The Labute approximate surface area is 190 Å². The van der Waals surface area contributed by atoms with Gasteiger partial charge in [-0.1, -0.05) is 6.92 Å². The van der Waals surface area contributed by atoms with Gasteiger partial charge in [-0.2, -0.15) is 13.2 Å². The molecule has 3 aliphatic rings. The van der Waals surface area contributed by atoms with Crippen LogP contribution in [0.15, 0.2) is 10.5 Å². The van der Waals surface area contributed by atoms with Crippen molar-refractivity contribution in [2.75, 3.05) is 32.7 Å². The number of likely N-dealkylation sites (tertiary alicyclic amines) is 2. The van der Waals surface area contributed by atoms with E-state index in [2.05, 4.69) is 17.1 Å². The highest BCUT2D eigenvalue weighted by Gasteiger charge is 2.57. The molecule has 1 aromatic heterocycles. The Morgan fingerprint density at radius 1 is 1.24 bits per heavy atom. The van der Waals surface area contributed by atoms with Crippen LogP contribution in [0.5, 0.6) is 0 Å². The second-order valence-corrected chi connectivity index (χ2v) is 9.06. The molecule has 184 valence electrons. The molecule has 3 saturated heterocycles. The van der Waals surface area contributed by atoms with Gasteiger partial charge in [0, 0.05) is 37.6 Å². The highest BCUT2D eigenvalue weighted by Crippen LogP contribution is 2.44. The lowest BCUT2D eigenvalue weighted by Crippen LogP contribution is -2.56. The van der Waals surface area contributed by atoms with Crippen LogP contribution in [-0.2, 0) is 9.59 Å². The highest BCUT2D eigenvalue weighted by atomic mass is 19.4. The zero-order valence-corrected chi connectivity index (χ0v) is 19.0. The van der Waals surface area contributed by atoms with Crippen molar-refractivity contribution < 1.29 is 37.1 Å². The number of aryl methyl sites for hydroxylation is 2. The van der Waals surface area contributed by atoms with Gasteiger partial charge in [-0.05, 0) is 51.3 Å². The molecule has 3 fully saturated rings. The van der Waals surface area contributed by atoms with Crippen LogP contribution >= 0.6 is 0 Å². The summed E-state index contributed by atoms with van der Waals surface area (Å²) in [7, 11) is 0. The summed E-state index contributed by atoms with van der Waals surface area (Å²) in [5, 5.41) is 10.4. The summed E-state index contributed by atoms with van der Waals surface area (Å²) in [6.45, 7) is 10.3. The number of hydrogen-bond acceptors (Lipinski definition) is 5. The van der Waals surface area contributed by atoms with Crippen molar-refractivity contribution in [3.05, 3.63) is 23.2 Å². The smallest absolute Gasteiger partial charge is 0.475 e. The number of nitrogens with zero attached hydrogens (tertiary/aromatic N) is 2. The first-order valence-electron chi connectivity index (χ1n) is 11.1. The van der Waals surface area contributed by atoms with Gasteiger partial charge in [0.1, 0.15) is 5.76 Å². The number of carboxylic acid groups (broad SMARTS) is 1. The van der Waals surface area contributed by atoms with Gasteiger partial charge in [-0.15, -0.1) is 0 Å². The Bertz CT molecular complexity index is 886. The Kier molecular flexibility index (Phi) is 7.11. The maximum atomic E-state index is 12.7. The second kappa shape index (κ2) is 9.36. The van der Waals surface area contributed by atoms with E-state index in [0.29, 0.717) is 24.8 Å². The maximum Gasteiger partial charge on any atom is 0.490 e. The molecule has 33 heavy (non-hydrogen) atoms. The predicted octanol–water partition coefficient (Wildman–Crippen LogP) is 2.59. The van der Waals surface area contributed by atoms with Crippen LogP contribution in [0.1, 0.15) is 48.1 Å². The molecule has 1 spiro atoms. The van der Waals surface area contributed by atoms with E-state index in [0.717, 1.165) is 50.2 Å². The van der Waals surface area contributed by atoms with Crippen molar-refractivity contribution in [2.45, 2.75) is 51.7 Å². The number of rotatable bonds is 3. The number of piperidine rings is 1. The van der Waals surface area contributed by atoms with Crippen LogP contribution < -0.4 is 5.32 Å². The van der Waals surface area contributed by atoms with Crippen molar-refractivity contribution >= 4 is 17.8 Å². The molecule has 0 saturated carbocycles. The van der Waals surface area contributed by atoms with Gasteiger partial charge in [-0.3, -0.25) is 9.59 Å². The van der Waals surface area contributed by atoms with E-state index >= 15 is 0 Å². The fraction of sp³-hybridized carbons (Fsp3) is 0.682. The van der Waals surface area contributed by atoms with Crippen molar-refractivity contribution in [1.29, 1.82) is 0 Å². The molecule has 2 N–H and O–H groups in total. The summed E-state index contributed by atoms with van der Waals surface area (Å²) in [6, 6.07) is 1.83. The minimum atomic E-state index is -5.08. The first kappa shape index (κ1) is 25.1. The summed E-state index contributed by atoms with van der Waals surface area (Å²) in [5.74, 6) is -0.839. The van der Waals surface area contributed by atoms with Crippen molar-refractivity contribution in [3.8, 4) is 0 Å². The molecule has 8 nitrogen and oxygen atoms in total. The van der Waals surface area contributed by atoms with Crippen molar-refractivity contribution in [3.63, 3.8) is 0 Å². The summed E-state index contributed by atoms with van der Waals surface area (Å²) in [4.78, 5) is 38.5. The van der Waals surface area contributed by atoms with Gasteiger partial charge in [0.25, 0.3) is 5.91 Å². The lowest BCUT2D eigenvalue weighted by molar-refractivity contribution is -0.192. The second-order valence-electron chi connectivity index (χ2n) is 9.06. The number of fused-ring (bicyclic) bond motifs is 2. The van der Waals surface area contributed by atoms with Gasteiger partial charge < -0.3 is 24.6 Å². The summed E-state index contributed by atoms with van der Waals surface area (Å²) < 4.78 is 37.3. The van der Waals surface area contributed by atoms with Crippen molar-refractivity contribution in [2.24, 2.45) is 11.8 Å². The molecular weight excluding hydrogens is 443 g/mol. The molecule has 0 aromatic carbocycles. The van der Waals surface area contributed by atoms with Crippen LogP contribution in [0.25, 0.3) is 0 Å². The van der Waals surface area contributed by atoms with Gasteiger partial charge in [0.05, 0.1) is 5.92 Å². The van der Waals surface area contributed by atoms with Gasteiger partial charge in [-0.25, -0.2) is 4.79 Å². The van der Waals surface area contributed by atoms with E-state index in [4.69, 9.17) is 14.3 Å². The van der Waals surface area contributed by atoms with E-state index < -0.39 is 12.1 Å². The first-order valence-corrected chi connectivity index (χ1v) is 11.1. The average Bonchev–Trinajstić information content (AvgIpc) is 3.38. The summed E-state index contributed by atoms with van der Waals surface area (Å²) in [6.07, 6.45) is -2.28. The van der Waals surface area contributed by atoms with Crippen LogP contribution in [0.3, 0.4) is 0 Å². The fourth-order valence-corrected chi connectivity index (χ4v) is 5.08. The Balaban J connectivity index is 0.000000383. The Morgan fingerprint density at radius 3 is 2.33 bits per heavy atom. The number of amides is 2. The number of carbonyl (C=O) groups excluding carboxylic acids is 2. The van der Waals surface area contributed by atoms with Crippen molar-refractivity contribution in [1.82, 2.24) is 15.1 Å². The third kappa shape index (κ3) is 5.18. The quantitative estimate of drug-likeness (QED) is 0.700. The molecule has 11 heteroatoms. The average molecular weight is 473 g/mol. The van der Waals surface area contributed by atoms with E-state index in [1.165, 1.54) is 0 Å². The lowest BCUT2D eigenvalue weighted by atomic mass is 9.75. The zero-order chi connectivity index (χ0) is 24.6. The minimum absolute atomic E-state index is 0.0315. The first-order chi connectivity index (χ1) is 15.4. The van der Waals surface area contributed by atoms with Crippen LogP contribution in [0.2, 0.25) is 0 Å². The molecule has 0 radical (unpaired) electrons. The number of carbonyl (C=O) groups is 3. The topological polar surface area (TPSA) is 103 Å². The van der Waals surface area contributed by atoms with E-state index in [9.17, 15) is 22.8 Å². The molecule has 1 aromatic rings. The van der Waals surface area contributed by atoms with Gasteiger partial charge >= 0.3 is 12.1 Å². The standard InChI is InChI=1S/C20H29N3O3.C2HF3O2/c1-4-7-22-11-15-16(12-22)20(21-18(15)24)5-8-23(9-6-20)19(25)17-10-13(2)14(3)26-17;3-2(4,5)1(6)7/h10,15-16H,4-9,11-12H2,1-3H3,(H,21,24);(H,6,7)/t15-,16+;/m1./s1. The number of hydrogen-bond donors (Lipinski definition) is 2. The molecule has 0 aliphatic carbocycles. The molecule has 4 heterocycles. The predicted molar refractivity (Wildman–Crippen MR) is 112 cm³/mol. The minimum Gasteiger partial charge on any atom is -0.475 e. The SMILES string of the molecule is CCCN1C[C@H]2C(=O)NC3(CCN(C(=O)c4cc(C)c(C)o4)CC3)[C@H]2C1.O=C(O)C(F)(F)F. The normalized spacial score (nSPS) is 24.3. The lowest BCUT2D eigenvalue weighted by Gasteiger charge is -2.42. The van der Waals surface area contributed by atoms with Crippen LogP contribution in [-0.4, -0.2) is 77.1 Å². The molecule has 0 bridgehead atoms. The fourth-order valence-electron chi connectivity index (χ4n) is 5.08. The number of furan rings is 1.